The van der Waals surface area contributed by atoms with Gasteiger partial charge in [-0.1, -0.05) is 39.2 Å². The summed E-state index contributed by atoms with van der Waals surface area (Å²) in [6.45, 7) is 3.79. The van der Waals surface area contributed by atoms with Crippen molar-refractivity contribution in [3.05, 3.63) is 22.4 Å². The zero-order valence-electron chi connectivity index (χ0n) is 12.6. The molecular weight excluding hydrogens is 286 g/mol. The monoisotopic (exact) mass is 309 g/mol. The second-order valence-electron chi connectivity index (χ2n) is 5.89. The zero-order valence-corrected chi connectivity index (χ0v) is 13.4. The van der Waals surface area contributed by atoms with Crippen LogP contribution in [0.2, 0.25) is 0 Å². The Bertz CT molecular complexity index is 464. The maximum Gasteiger partial charge on any atom is 0.349 e. The Morgan fingerprint density at radius 2 is 2.00 bits per heavy atom. The highest BCUT2D eigenvalue weighted by Gasteiger charge is 2.29. The molecule has 0 spiro atoms. The van der Waals surface area contributed by atoms with Crippen LogP contribution in [0.1, 0.15) is 55.6 Å². The van der Waals surface area contributed by atoms with E-state index in [9.17, 15) is 9.59 Å². The van der Waals surface area contributed by atoms with Gasteiger partial charge in [0.25, 0.3) is 5.91 Å². The molecule has 1 aromatic rings. The molecule has 1 N–H and O–H groups in total. The molecule has 1 fully saturated rings. The lowest BCUT2D eigenvalue weighted by atomic mass is 9.95. The average Bonchev–Trinajstić information content (AvgIpc) is 2.99. The molecule has 1 aliphatic carbocycles. The first-order valence-corrected chi connectivity index (χ1v) is 8.50. The second kappa shape index (κ2) is 7.59. The minimum absolute atomic E-state index is 0.0440. The van der Waals surface area contributed by atoms with Crippen molar-refractivity contribution in [3.8, 4) is 0 Å². The molecule has 5 heteroatoms. The molecule has 1 saturated carbocycles. The predicted octanol–water partition coefficient (Wildman–Crippen LogP) is 3.38. The third kappa shape index (κ3) is 4.56. The Morgan fingerprint density at radius 1 is 1.29 bits per heavy atom. The van der Waals surface area contributed by atoms with Crippen molar-refractivity contribution in [1.82, 2.24) is 5.32 Å². The van der Waals surface area contributed by atoms with Crippen molar-refractivity contribution in [2.45, 2.75) is 58.1 Å². The number of hydrogen-bond donors (Lipinski definition) is 1. The Balaban J connectivity index is 1.94. The van der Waals surface area contributed by atoms with E-state index in [-0.39, 0.29) is 17.9 Å². The van der Waals surface area contributed by atoms with E-state index >= 15 is 0 Å². The normalized spacial score (nSPS) is 17.5. The number of thiophene rings is 1. The van der Waals surface area contributed by atoms with E-state index in [1.54, 1.807) is 12.1 Å². The lowest BCUT2D eigenvalue weighted by Crippen LogP contribution is -2.46. The van der Waals surface area contributed by atoms with Crippen LogP contribution in [0.15, 0.2) is 17.5 Å². The third-order valence-corrected chi connectivity index (χ3v) is 4.62. The number of ether oxygens (including phenoxy) is 1. The summed E-state index contributed by atoms with van der Waals surface area (Å²) < 4.78 is 5.42. The topological polar surface area (TPSA) is 55.4 Å². The van der Waals surface area contributed by atoms with Gasteiger partial charge >= 0.3 is 5.97 Å². The van der Waals surface area contributed by atoms with Gasteiger partial charge in [0.2, 0.25) is 0 Å². The number of esters is 1. The SMILES string of the molecule is CC(C)[C@H](OC(=O)c1cccs1)C(=O)NC1CCCCC1. The first kappa shape index (κ1) is 16.0. The summed E-state index contributed by atoms with van der Waals surface area (Å²) in [6, 6.07) is 3.74. The van der Waals surface area contributed by atoms with Crippen LogP contribution in [0.4, 0.5) is 0 Å². The van der Waals surface area contributed by atoms with Crippen LogP contribution in [0.25, 0.3) is 0 Å². The number of hydrogen-bond acceptors (Lipinski definition) is 4. The van der Waals surface area contributed by atoms with Gasteiger partial charge in [-0.25, -0.2) is 4.79 Å². The summed E-state index contributed by atoms with van der Waals surface area (Å²) in [5.41, 5.74) is 0. The lowest BCUT2D eigenvalue weighted by molar-refractivity contribution is -0.133. The minimum Gasteiger partial charge on any atom is -0.448 e. The smallest absolute Gasteiger partial charge is 0.349 e. The van der Waals surface area contributed by atoms with Crippen LogP contribution in [0, 0.1) is 5.92 Å². The van der Waals surface area contributed by atoms with E-state index in [1.807, 2.05) is 19.2 Å². The number of amides is 1. The Morgan fingerprint density at radius 3 is 2.57 bits per heavy atom. The summed E-state index contributed by atoms with van der Waals surface area (Å²) in [5.74, 6) is -0.623. The molecule has 1 aromatic heterocycles. The second-order valence-corrected chi connectivity index (χ2v) is 6.84. The van der Waals surface area contributed by atoms with Crippen molar-refractivity contribution in [2.75, 3.05) is 0 Å². The third-order valence-electron chi connectivity index (χ3n) is 3.77. The van der Waals surface area contributed by atoms with Gasteiger partial charge in [0.1, 0.15) is 4.88 Å². The number of carbonyl (C=O) groups excluding carboxylic acids is 2. The lowest BCUT2D eigenvalue weighted by Gasteiger charge is -2.26. The van der Waals surface area contributed by atoms with Gasteiger partial charge in [-0.2, -0.15) is 0 Å². The molecule has 0 saturated heterocycles. The molecule has 1 aliphatic rings. The fraction of sp³-hybridized carbons (Fsp3) is 0.625. The minimum atomic E-state index is -0.721. The number of rotatable bonds is 5. The van der Waals surface area contributed by atoms with E-state index in [4.69, 9.17) is 4.74 Å². The molecule has 21 heavy (non-hydrogen) atoms. The van der Waals surface area contributed by atoms with E-state index in [2.05, 4.69) is 5.32 Å². The van der Waals surface area contributed by atoms with E-state index < -0.39 is 12.1 Å². The van der Waals surface area contributed by atoms with Gasteiger partial charge in [0.05, 0.1) is 0 Å². The highest BCUT2D eigenvalue weighted by Crippen LogP contribution is 2.19. The van der Waals surface area contributed by atoms with Crippen LogP contribution in [-0.2, 0) is 9.53 Å². The van der Waals surface area contributed by atoms with Crippen molar-refractivity contribution in [3.63, 3.8) is 0 Å². The van der Waals surface area contributed by atoms with Crippen molar-refractivity contribution >= 4 is 23.2 Å². The summed E-state index contributed by atoms with van der Waals surface area (Å²) in [5, 5.41) is 4.86. The van der Waals surface area contributed by atoms with Gasteiger partial charge in [-0.05, 0) is 30.2 Å². The number of nitrogens with one attached hydrogen (secondary N) is 1. The van der Waals surface area contributed by atoms with E-state index in [1.165, 1.54) is 17.8 Å². The molecule has 2 rings (SSSR count). The molecule has 0 unspecified atom stereocenters. The standard InChI is InChI=1S/C16H23NO3S/c1-11(2)14(20-16(19)13-9-6-10-21-13)15(18)17-12-7-4-3-5-8-12/h6,9-12,14H,3-5,7-8H2,1-2H3,(H,17,18)/t14-/m0/s1. The summed E-state index contributed by atoms with van der Waals surface area (Å²) in [7, 11) is 0. The zero-order chi connectivity index (χ0) is 15.2. The summed E-state index contributed by atoms with van der Waals surface area (Å²) in [6.07, 6.45) is 4.89. The Labute approximate surface area is 129 Å². The van der Waals surface area contributed by atoms with Gasteiger partial charge in [-0.15, -0.1) is 11.3 Å². The molecule has 0 aliphatic heterocycles. The molecule has 0 aromatic carbocycles. The summed E-state index contributed by atoms with van der Waals surface area (Å²) in [4.78, 5) is 24.9. The van der Waals surface area contributed by atoms with Crippen LogP contribution in [0.5, 0.6) is 0 Å². The van der Waals surface area contributed by atoms with Crippen LogP contribution in [0.3, 0.4) is 0 Å². The Kier molecular flexibility index (Phi) is 5.79. The summed E-state index contributed by atoms with van der Waals surface area (Å²) >= 11 is 1.33. The quantitative estimate of drug-likeness (QED) is 0.848. The molecule has 0 radical (unpaired) electrons. The van der Waals surface area contributed by atoms with E-state index in [0.29, 0.717) is 4.88 Å². The first-order valence-electron chi connectivity index (χ1n) is 7.63. The fourth-order valence-electron chi connectivity index (χ4n) is 2.59. The number of carbonyl (C=O) groups is 2. The average molecular weight is 309 g/mol. The molecule has 0 bridgehead atoms. The van der Waals surface area contributed by atoms with E-state index in [0.717, 1.165) is 25.7 Å². The van der Waals surface area contributed by atoms with Gasteiger partial charge < -0.3 is 10.1 Å². The molecule has 116 valence electrons. The highest BCUT2D eigenvalue weighted by atomic mass is 32.1. The maximum atomic E-state index is 12.4. The largest absolute Gasteiger partial charge is 0.448 e. The molecule has 1 atom stereocenters. The van der Waals surface area contributed by atoms with Crippen molar-refractivity contribution in [1.29, 1.82) is 0 Å². The Hall–Kier alpha value is -1.36. The molecule has 1 heterocycles. The molecule has 4 nitrogen and oxygen atoms in total. The maximum absolute atomic E-state index is 12.4. The van der Waals surface area contributed by atoms with Crippen LogP contribution in [-0.4, -0.2) is 24.0 Å². The molecule has 1 amide bonds. The van der Waals surface area contributed by atoms with Gasteiger partial charge in [0.15, 0.2) is 6.10 Å². The van der Waals surface area contributed by atoms with Crippen molar-refractivity contribution in [2.24, 2.45) is 5.92 Å². The van der Waals surface area contributed by atoms with Crippen LogP contribution >= 0.6 is 11.3 Å². The van der Waals surface area contributed by atoms with Crippen molar-refractivity contribution < 1.29 is 14.3 Å². The fourth-order valence-corrected chi connectivity index (χ4v) is 3.20. The highest BCUT2D eigenvalue weighted by molar-refractivity contribution is 7.11. The van der Waals surface area contributed by atoms with Gasteiger partial charge in [0, 0.05) is 6.04 Å². The van der Waals surface area contributed by atoms with Crippen LogP contribution < -0.4 is 5.32 Å². The predicted molar refractivity (Wildman–Crippen MR) is 83.4 cm³/mol. The van der Waals surface area contributed by atoms with Gasteiger partial charge in [-0.3, -0.25) is 4.79 Å². The molecular formula is C16H23NO3S. The first-order chi connectivity index (χ1) is 10.1.